The average molecular weight is 246 g/mol. The molecule has 15 heavy (non-hydrogen) atoms. The Labute approximate surface area is 94.2 Å². The van der Waals surface area contributed by atoms with Gasteiger partial charge in [-0.25, -0.2) is 13.4 Å². The molecule has 1 rings (SSSR count). The van der Waals surface area contributed by atoms with E-state index in [2.05, 4.69) is 4.98 Å². The number of sulfone groups is 1. The summed E-state index contributed by atoms with van der Waals surface area (Å²) in [5, 5.41) is 0. The Morgan fingerprint density at radius 1 is 1.47 bits per heavy atom. The summed E-state index contributed by atoms with van der Waals surface area (Å²) in [6.45, 7) is 1.66. The molecule has 4 nitrogen and oxygen atoms in total. The quantitative estimate of drug-likeness (QED) is 0.790. The summed E-state index contributed by atoms with van der Waals surface area (Å²) in [6.07, 6.45) is 1.65. The number of nitrogens with two attached hydrogens (primary N) is 1. The van der Waals surface area contributed by atoms with E-state index in [4.69, 9.17) is 5.73 Å². The van der Waals surface area contributed by atoms with E-state index >= 15 is 0 Å². The van der Waals surface area contributed by atoms with Crippen LogP contribution in [0.4, 0.5) is 5.82 Å². The molecule has 0 fully saturated rings. The molecule has 0 bridgehead atoms. The van der Waals surface area contributed by atoms with Crippen LogP contribution in [0.5, 0.6) is 0 Å². The molecule has 0 aliphatic carbocycles. The van der Waals surface area contributed by atoms with Gasteiger partial charge in [-0.15, -0.1) is 11.8 Å². The van der Waals surface area contributed by atoms with Crippen LogP contribution >= 0.6 is 11.8 Å². The van der Waals surface area contributed by atoms with Gasteiger partial charge in [-0.3, -0.25) is 0 Å². The molecule has 1 aromatic rings. The van der Waals surface area contributed by atoms with Crippen molar-refractivity contribution in [3.05, 3.63) is 18.3 Å². The standard InChI is InChI=1S/C9H14N2O2S2/c1-2-15(12,13)6-5-14-8-3-4-9(10)11-7-8/h3-4,7H,2,5-6H2,1H3,(H2,10,11). The summed E-state index contributed by atoms with van der Waals surface area (Å²) in [7, 11) is -2.86. The highest BCUT2D eigenvalue weighted by Gasteiger charge is 2.06. The Bertz CT molecular complexity index is 401. The Morgan fingerprint density at radius 3 is 2.73 bits per heavy atom. The summed E-state index contributed by atoms with van der Waals surface area (Å²) in [4.78, 5) is 4.86. The molecule has 0 spiro atoms. The summed E-state index contributed by atoms with van der Waals surface area (Å²) >= 11 is 1.47. The number of hydrogen-bond donors (Lipinski definition) is 1. The molecular formula is C9H14N2O2S2. The average Bonchev–Trinajstić information content (AvgIpc) is 2.21. The number of aromatic nitrogens is 1. The Morgan fingerprint density at radius 2 is 2.20 bits per heavy atom. The van der Waals surface area contributed by atoms with Gasteiger partial charge in [0.2, 0.25) is 0 Å². The van der Waals surface area contributed by atoms with E-state index in [-0.39, 0.29) is 11.5 Å². The zero-order valence-electron chi connectivity index (χ0n) is 8.51. The summed E-state index contributed by atoms with van der Waals surface area (Å²) < 4.78 is 22.4. The van der Waals surface area contributed by atoms with E-state index in [9.17, 15) is 8.42 Å². The van der Waals surface area contributed by atoms with Crippen LogP contribution in [0.3, 0.4) is 0 Å². The summed E-state index contributed by atoms with van der Waals surface area (Å²) in [6, 6.07) is 3.54. The second-order valence-corrected chi connectivity index (χ2v) is 6.64. The number of nitrogen functional groups attached to an aromatic ring is 1. The van der Waals surface area contributed by atoms with Gasteiger partial charge in [-0.2, -0.15) is 0 Å². The minimum Gasteiger partial charge on any atom is -0.384 e. The van der Waals surface area contributed by atoms with Gasteiger partial charge in [0.05, 0.1) is 5.75 Å². The van der Waals surface area contributed by atoms with Crippen molar-refractivity contribution in [2.24, 2.45) is 0 Å². The first-order valence-electron chi connectivity index (χ1n) is 4.58. The molecule has 0 aliphatic rings. The smallest absolute Gasteiger partial charge is 0.150 e. The molecule has 0 aromatic carbocycles. The van der Waals surface area contributed by atoms with Gasteiger partial charge in [0.15, 0.2) is 9.84 Å². The molecular weight excluding hydrogens is 232 g/mol. The second-order valence-electron chi connectivity index (χ2n) is 3.00. The fraction of sp³-hybridized carbons (Fsp3) is 0.444. The number of rotatable bonds is 5. The summed E-state index contributed by atoms with van der Waals surface area (Å²) in [5.41, 5.74) is 5.43. The highest BCUT2D eigenvalue weighted by Crippen LogP contribution is 2.17. The molecule has 1 heterocycles. The van der Waals surface area contributed by atoms with E-state index in [1.807, 2.05) is 6.07 Å². The first-order chi connectivity index (χ1) is 7.03. The molecule has 0 saturated carbocycles. The highest BCUT2D eigenvalue weighted by molar-refractivity contribution is 8.00. The zero-order valence-corrected chi connectivity index (χ0v) is 10.1. The first-order valence-corrected chi connectivity index (χ1v) is 7.39. The van der Waals surface area contributed by atoms with Crippen LogP contribution in [0.1, 0.15) is 6.92 Å². The molecule has 0 unspecified atom stereocenters. The topological polar surface area (TPSA) is 73.0 Å². The van der Waals surface area contributed by atoms with Gasteiger partial charge >= 0.3 is 0 Å². The largest absolute Gasteiger partial charge is 0.384 e. The fourth-order valence-corrected chi connectivity index (χ4v) is 3.07. The fourth-order valence-electron chi connectivity index (χ4n) is 0.908. The Kier molecular flexibility index (Phi) is 4.41. The predicted octanol–water partition coefficient (Wildman–Crippen LogP) is 1.19. The lowest BCUT2D eigenvalue weighted by Crippen LogP contribution is -2.10. The number of hydrogen-bond acceptors (Lipinski definition) is 5. The maximum atomic E-state index is 11.2. The predicted molar refractivity (Wildman–Crippen MR) is 63.7 cm³/mol. The van der Waals surface area contributed by atoms with Gasteiger partial charge in [0, 0.05) is 22.6 Å². The number of pyridine rings is 1. The van der Waals surface area contributed by atoms with E-state index < -0.39 is 9.84 Å². The lowest BCUT2D eigenvalue weighted by atomic mass is 10.5. The van der Waals surface area contributed by atoms with Crippen molar-refractivity contribution in [2.45, 2.75) is 11.8 Å². The van der Waals surface area contributed by atoms with Crippen LogP contribution in [0.2, 0.25) is 0 Å². The third-order valence-electron chi connectivity index (χ3n) is 1.86. The molecule has 2 N–H and O–H groups in total. The van der Waals surface area contributed by atoms with E-state index in [0.29, 0.717) is 11.6 Å². The van der Waals surface area contributed by atoms with Crippen molar-refractivity contribution < 1.29 is 8.42 Å². The highest BCUT2D eigenvalue weighted by atomic mass is 32.2. The van der Waals surface area contributed by atoms with Crippen molar-refractivity contribution >= 4 is 27.4 Å². The van der Waals surface area contributed by atoms with Gasteiger partial charge in [0.1, 0.15) is 5.82 Å². The van der Waals surface area contributed by atoms with Gasteiger partial charge in [0.25, 0.3) is 0 Å². The van der Waals surface area contributed by atoms with Crippen molar-refractivity contribution in [1.29, 1.82) is 0 Å². The van der Waals surface area contributed by atoms with E-state index in [0.717, 1.165) is 4.90 Å². The molecule has 6 heteroatoms. The van der Waals surface area contributed by atoms with Crippen LogP contribution in [0.15, 0.2) is 23.2 Å². The Balaban J connectivity index is 2.42. The maximum Gasteiger partial charge on any atom is 0.150 e. The molecule has 0 amide bonds. The van der Waals surface area contributed by atoms with E-state index in [1.165, 1.54) is 11.8 Å². The molecule has 0 atom stereocenters. The second kappa shape index (κ2) is 5.37. The van der Waals surface area contributed by atoms with Gasteiger partial charge in [-0.1, -0.05) is 6.92 Å². The van der Waals surface area contributed by atoms with Crippen molar-refractivity contribution in [3.8, 4) is 0 Å². The van der Waals surface area contributed by atoms with E-state index in [1.54, 1.807) is 19.2 Å². The van der Waals surface area contributed by atoms with Crippen molar-refractivity contribution in [3.63, 3.8) is 0 Å². The van der Waals surface area contributed by atoms with Gasteiger partial charge < -0.3 is 5.73 Å². The normalized spacial score (nSPS) is 11.5. The maximum absolute atomic E-state index is 11.2. The first kappa shape index (κ1) is 12.3. The number of nitrogens with zero attached hydrogens (tertiary/aromatic N) is 1. The molecule has 0 aliphatic heterocycles. The lowest BCUT2D eigenvalue weighted by Gasteiger charge is -2.01. The van der Waals surface area contributed by atoms with Crippen molar-refractivity contribution in [1.82, 2.24) is 4.98 Å². The molecule has 84 valence electrons. The molecule has 0 saturated heterocycles. The summed E-state index contributed by atoms with van der Waals surface area (Å²) in [5.74, 6) is 1.44. The Hall–Kier alpha value is -0.750. The van der Waals surface area contributed by atoms with Crippen LogP contribution < -0.4 is 5.73 Å². The minimum atomic E-state index is -2.86. The number of thioether (sulfide) groups is 1. The van der Waals surface area contributed by atoms with Crippen molar-refractivity contribution in [2.75, 3.05) is 23.0 Å². The molecule has 0 radical (unpaired) electrons. The third-order valence-corrected chi connectivity index (χ3v) is 4.81. The monoisotopic (exact) mass is 246 g/mol. The SMILES string of the molecule is CCS(=O)(=O)CCSc1ccc(N)nc1. The molecule has 1 aromatic heterocycles. The zero-order chi connectivity index (χ0) is 11.3. The third kappa shape index (κ3) is 4.53. The van der Waals surface area contributed by atoms with Crippen LogP contribution in [0, 0.1) is 0 Å². The van der Waals surface area contributed by atoms with Crippen LogP contribution in [-0.4, -0.2) is 30.7 Å². The van der Waals surface area contributed by atoms with Crippen LogP contribution in [-0.2, 0) is 9.84 Å². The lowest BCUT2D eigenvalue weighted by molar-refractivity contribution is 0.599. The van der Waals surface area contributed by atoms with Crippen LogP contribution in [0.25, 0.3) is 0 Å². The number of anilines is 1. The van der Waals surface area contributed by atoms with Gasteiger partial charge in [-0.05, 0) is 12.1 Å². The minimum absolute atomic E-state index is 0.202.